The highest BCUT2D eigenvalue weighted by Gasteiger charge is 2.23. The van der Waals surface area contributed by atoms with Crippen molar-refractivity contribution in [3.63, 3.8) is 0 Å². The maximum Gasteiger partial charge on any atom is 0.247 e. The molecular weight excluding hydrogens is 362 g/mol. The van der Waals surface area contributed by atoms with E-state index in [0.717, 1.165) is 47.7 Å². The normalized spacial score (nSPS) is 13.9. The number of carbonyl (C=O) groups excluding carboxylic acids is 1. The van der Waals surface area contributed by atoms with Crippen LogP contribution < -0.4 is 4.90 Å². The first-order valence-electron chi connectivity index (χ1n) is 9.85. The number of benzene rings is 2. The van der Waals surface area contributed by atoms with Crippen molar-refractivity contribution < 1.29 is 9.21 Å². The van der Waals surface area contributed by atoms with Crippen LogP contribution in [0.15, 0.2) is 71.3 Å². The van der Waals surface area contributed by atoms with Crippen molar-refractivity contribution in [3.8, 4) is 0 Å². The second-order valence-electron chi connectivity index (χ2n) is 7.17. The van der Waals surface area contributed by atoms with Gasteiger partial charge in [-0.15, -0.1) is 0 Å². The van der Waals surface area contributed by atoms with Gasteiger partial charge in [-0.3, -0.25) is 4.79 Å². The van der Waals surface area contributed by atoms with Gasteiger partial charge in [0.1, 0.15) is 18.1 Å². The largest absolute Gasteiger partial charge is 0.465 e. The van der Waals surface area contributed by atoms with Crippen LogP contribution >= 0.6 is 0 Å². The van der Waals surface area contributed by atoms with Crippen molar-refractivity contribution in [1.29, 1.82) is 0 Å². The van der Waals surface area contributed by atoms with Gasteiger partial charge in [0, 0.05) is 12.2 Å². The Morgan fingerprint density at radius 3 is 2.79 bits per heavy atom. The number of carbonyl (C=O) groups is 1. The lowest BCUT2D eigenvalue weighted by Gasteiger charge is -2.29. The molecule has 0 spiro atoms. The van der Waals surface area contributed by atoms with Crippen LogP contribution in [0, 0.1) is 0 Å². The van der Waals surface area contributed by atoms with E-state index >= 15 is 0 Å². The first-order valence-corrected chi connectivity index (χ1v) is 9.85. The van der Waals surface area contributed by atoms with E-state index in [4.69, 9.17) is 9.40 Å². The maximum atomic E-state index is 13.3. The number of nitrogens with zero attached hydrogens (tertiary/aromatic N) is 3. The molecule has 0 N–H and O–H groups in total. The average molecular weight is 383 g/mol. The fraction of sp³-hybridized carbons (Fsp3) is 0.167. The third-order valence-electron chi connectivity index (χ3n) is 5.33. The van der Waals surface area contributed by atoms with Crippen LogP contribution in [0.25, 0.3) is 23.2 Å². The number of aryl methyl sites for hydroxylation is 1. The highest BCUT2D eigenvalue weighted by Crippen LogP contribution is 2.27. The summed E-state index contributed by atoms with van der Waals surface area (Å²) in [6.07, 6.45) is 7.42. The molecule has 29 heavy (non-hydrogen) atoms. The predicted molar refractivity (Wildman–Crippen MR) is 114 cm³/mol. The van der Waals surface area contributed by atoms with Gasteiger partial charge in [0.05, 0.1) is 17.3 Å². The summed E-state index contributed by atoms with van der Waals surface area (Å²) in [5.74, 6) is 1.56. The number of fused-ring (bicyclic) bond motifs is 2. The zero-order valence-electron chi connectivity index (χ0n) is 16.0. The van der Waals surface area contributed by atoms with E-state index in [2.05, 4.69) is 6.07 Å². The van der Waals surface area contributed by atoms with Crippen molar-refractivity contribution >= 4 is 34.8 Å². The molecule has 3 heterocycles. The number of imidazole rings is 1. The van der Waals surface area contributed by atoms with Gasteiger partial charge in [-0.1, -0.05) is 30.3 Å². The van der Waals surface area contributed by atoms with E-state index in [1.54, 1.807) is 6.26 Å². The summed E-state index contributed by atoms with van der Waals surface area (Å²) >= 11 is 0. The zero-order valence-corrected chi connectivity index (χ0v) is 16.0. The highest BCUT2D eigenvalue weighted by atomic mass is 16.3. The lowest BCUT2D eigenvalue weighted by atomic mass is 10.0. The molecule has 2 aromatic carbocycles. The third kappa shape index (κ3) is 3.36. The summed E-state index contributed by atoms with van der Waals surface area (Å²) in [5, 5.41) is 0. The number of hydrogen-bond donors (Lipinski definition) is 0. The van der Waals surface area contributed by atoms with Crippen LogP contribution in [0.2, 0.25) is 0 Å². The van der Waals surface area contributed by atoms with Gasteiger partial charge in [0.2, 0.25) is 5.91 Å². The van der Waals surface area contributed by atoms with E-state index in [0.29, 0.717) is 0 Å². The standard InChI is InChI=1S/C24H21N3O2/c28-24(26-15-5-8-18-7-1-3-11-21(18)26)17-27-22-12-4-2-10-20(22)25-23(27)14-13-19-9-6-16-29-19/h1-4,6-7,9-14,16H,5,8,15,17H2/b14-13+. The molecule has 0 bridgehead atoms. The minimum absolute atomic E-state index is 0.0768. The molecule has 0 aliphatic carbocycles. The molecular formula is C24H21N3O2. The van der Waals surface area contributed by atoms with E-state index in [9.17, 15) is 4.79 Å². The SMILES string of the molecule is O=C(Cn1c(/C=C/c2ccco2)nc2ccccc21)N1CCCc2ccccc21. The molecule has 1 amide bonds. The molecule has 1 aliphatic rings. The summed E-state index contributed by atoms with van der Waals surface area (Å²) < 4.78 is 7.37. The van der Waals surface area contributed by atoms with Gasteiger partial charge in [0.25, 0.3) is 0 Å². The van der Waals surface area contributed by atoms with Crippen molar-refractivity contribution in [2.45, 2.75) is 19.4 Å². The Morgan fingerprint density at radius 2 is 1.90 bits per heavy atom. The average Bonchev–Trinajstić information content (AvgIpc) is 3.40. The number of hydrogen-bond acceptors (Lipinski definition) is 3. The van der Waals surface area contributed by atoms with Crippen molar-refractivity contribution in [2.75, 3.05) is 11.4 Å². The molecule has 1 aliphatic heterocycles. The number of para-hydroxylation sites is 3. The van der Waals surface area contributed by atoms with Crippen LogP contribution in [0.1, 0.15) is 23.6 Å². The first-order chi connectivity index (χ1) is 14.3. The number of anilines is 1. The highest BCUT2D eigenvalue weighted by molar-refractivity contribution is 5.95. The number of amides is 1. The number of furan rings is 1. The lowest BCUT2D eigenvalue weighted by Crippen LogP contribution is -2.37. The summed E-state index contributed by atoms with van der Waals surface area (Å²) in [6, 6.07) is 19.8. The molecule has 0 unspecified atom stereocenters. The topological polar surface area (TPSA) is 51.3 Å². The Labute approximate surface area is 168 Å². The molecule has 0 saturated heterocycles. The van der Waals surface area contributed by atoms with Gasteiger partial charge < -0.3 is 13.9 Å². The lowest BCUT2D eigenvalue weighted by molar-refractivity contribution is -0.119. The van der Waals surface area contributed by atoms with Crippen LogP contribution in [0.3, 0.4) is 0 Å². The van der Waals surface area contributed by atoms with Crippen LogP contribution in [-0.4, -0.2) is 22.0 Å². The first kappa shape index (κ1) is 17.5. The van der Waals surface area contributed by atoms with E-state index in [1.165, 1.54) is 5.56 Å². The molecule has 0 saturated carbocycles. The summed E-state index contributed by atoms with van der Waals surface area (Å²) in [7, 11) is 0. The monoisotopic (exact) mass is 383 g/mol. The van der Waals surface area contributed by atoms with Gasteiger partial charge in [0.15, 0.2) is 0 Å². The third-order valence-corrected chi connectivity index (χ3v) is 5.33. The molecule has 5 heteroatoms. The minimum Gasteiger partial charge on any atom is -0.465 e. The Morgan fingerprint density at radius 1 is 1.03 bits per heavy atom. The number of rotatable bonds is 4. The molecule has 144 valence electrons. The summed E-state index contributed by atoms with van der Waals surface area (Å²) in [6.45, 7) is 0.993. The van der Waals surface area contributed by atoms with Crippen LogP contribution in [-0.2, 0) is 17.8 Å². The maximum absolute atomic E-state index is 13.3. The van der Waals surface area contributed by atoms with Crippen molar-refractivity contribution in [2.24, 2.45) is 0 Å². The predicted octanol–water partition coefficient (Wildman–Crippen LogP) is 4.78. The molecule has 0 atom stereocenters. The van der Waals surface area contributed by atoms with Crippen LogP contribution in [0.5, 0.6) is 0 Å². The molecule has 5 nitrogen and oxygen atoms in total. The quantitative estimate of drug-likeness (QED) is 0.510. The smallest absolute Gasteiger partial charge is 0.247 e. The summed E-state index contributed by atoms with van der Waals surface area (Å²) in [5.41, 5.74) is 4.09. The molecule has 0 radical (unpaired) electrons. The second kappa shape index (κ2) is 7.43. The Bertz CT molecular complexity index is 1190. The molecule has 0 fully saturated rings. The Balaban J connectivity index is 1.50. The van der Waals surface area contributed by atoms with E-state index < -0.39 is 0 Å². The van der Waals surface area contributed by atoms with Gasteiger partial charge in [-0.2, -0.15) is 0 Å². The van der Waals surface area contributed by atoms with E-state index in [-0.39, 0.29) is 12.5 Å². The minimum atomic E-state index is 0.0768. The number of aromatic nitrogens is 2. The van der Waals surface area contributed by atoms with Gasteiger partial charge in [-0.05, 0) is 60.9 Å². The zero-order chi connectivity index (χ0) is 19.6. The van der Waals surface area contributed by atoms with E-state index in [1.807, 2.05) is 76.2 Å². The van der Waals surface area contributed by atoms with Crippen molar-refractivity contribution in [3.05, 3.63) is 84.1 Å². The van der Waals surface area contributed by atoms with Gasteiger partial charge >= 0.3 is 0 Å². The Kier molecular flexibility index (Phi) is 4.48. The van der Waals surface area contributed by atoms with Gasteiger partial charge in [-0.25, -0.2) is 4.98 Å². The summed E-state index contributed by atoms with van der Waals surface area (Å²) in [4.78, 5) is 19.9. The Hall–Kier alpha value is -3.60. The molecule has 4 aromatic rings. The fourth-order valence-corrected chi connectivity index (χ4v) is 3.94. The van der Waals surface area contributed by atoms with Crippen LogP contribution in [0.4, 0.5) is 5.69 Å². The molecule has 5 rings (SSSR count). The molecule has 2 aromatic heterocycles. The second-order valence-corrected chi connectivity index (χ2v) is 7.17. The fourth-order valence-electron chi connectivity index (χ4n) is 3.94. The van der Waals surface area contributed by atoms with Crippen molar-refractivity contribution in [1.82, 2.24) is 9.55 Å².